The molecule has 1 heterocycles. The van der Waals surface area contributed by atoms with Crippen LogP contribution in [-0.2, 0) is 22.6 Å². The lowest BCUT2D eigenvalue weighted by Gasteiger charge is -2.14. The second-order valence-corrected chi connectivity index (χ2v) is 5.15. The fraction of sp³-hybridized carbons (Fsp3) is 0.353. The number of ether oxygens (including phenoxy) is 1. The van der Waals surface area contributed by atoms with E-state index in [1.54, 1.807) is 13.2 Å². The van der Waals surface area contributed by atoms with Gasteiger partial charge < -0.3 is 15.4 Å². The van der Waals surface area contributed by atoms with Crippen LogP contribution in [-0.4, -0.2) is 42.4 Å². The molecule has 0 amide bonds. The number of carbonyl (C=O) groups excluding carboxylic acids is 1. The predicted molar refractivity (Wildman–Crippen MR) is 92.6 cm³/mol. The van der Waals surface area contributed by atoms with Crippen LogP contribution in [0.15, 0.2) is 47.7 Å². The number of aliphatic imine (C=N–C) groups is 1. The fourth-order valence-electron chi connectivity index (χ4n) is 2.24. The van der Waals surface area contributed by atoms with E-state index in [-0.39, 0.29) is 5.97 Å². The van der Waals surface area contributed by atoms with Crippen molar-refractivity contribution in [3.8, 4) is 0 Å². The number of rotatable bonds is 7. The molecular formula is C17H23N5O2. The molecule has 7 heteroatoms. The van der Waals surface area contributed by atoms with E-state index < -0.39 is 0 Å². The zero-order chi connectivity index (χ0) is 17.2. The Bertz CT molecular complexity index is 667. The molecule has 2 N–H and O–H groups in total. The van der Waals surface area contributed by atoms with Crippen molar-refractivity contribution in [1.82, 2.24) is 20.4 Å². The maximum absolute atomic E-state index is 11.1. The van der Waals surface area contributed by atoms with Gasteiger partial charge in [0, 0.05) is 32.5 Å². The van der Waals surface area contributed by atoms with E-state index in [2.05, 4.69) is 37.6 Å². The second kappa shape index (κ2) is 9.34. The van der Waals surface area contributed by atoms with E-state index >= 15 is 0 Å². The zero-order valence-electron chi connectivity index (χ0n) is 14.0. The highest BCUT2D eigenvalue weighted by molar-refractivity contribution is 5.80. The number of hydrogen-bond acceptors (Lipinski definition) is 4. The first-order valence-corrected chi connectivity index (χ1v) is 7.78. The van der Waals surface area contributed by atoms with E-state index in [9.17, 15) is 4.79 Å². The Morgan fingerprint density at radius 2 is 2.04 bits per heavy atom. The van der Waals surface area contributed by atoms with Crippen LogP contribution in [0.5, 0.6) is 0 Å². The number of nitrogens with one attached hydrogen (secondary N) is 2. The van der Waals surface area contributed by atoms with Crippen molar-refractivity contribution in [2.24, 2.45) is 4.99 Å². The van der Waals surface area contributed by atoms with Gasteiger partial charge in [0.15, 0.2) is 5.96 Å². The normalized spacial score (nSPS) is 11.2. The third-order valence-electron chi connectivity index (χ3n) is 3.53. The number of aromatic nitrogens is 2. The van der Waals surface area contributed by atoms with Gasteiger partial charge in [-0.3, -0.25) is 14.5 Å². The van der Waals surface area contributed by atoms with E-state index in [0.29, 0.717) is 25.5 Å². The number of guanidine groups is 1. The summed E-state index contributed by atoms with van der Waals surface area (Å²) < 4.78 is 6.50. The minimum atomic E-state index is -0.248. The third-order valence-corrected chi connectivity index (χ3v) is 3.53. The summed E-state index contributed by atoms with van der Waals surface area (Å²) in [5, 5.41) is 10.6. The highest BCUT2D eigenvalue weighted by atomic mass is 16.5. The van der Waals surface area contributed by atoms with Crippen LogP contribution >= 0.6 is 0 Å². The Hall–Kier alpha value is -2.83. The molecule has 0 unspecified atom stereocenters. The van der Waals surface area contributed by atoms with Crippen LogP contribution in [0.4, 0.5) is 0 Å². The number of benzene rings is 1. The third kappa shape index (κ3) is 5.42. The van der Waals surface area contributed by atoms with E-state index in [0.717, 1.165) is 6.54 Å². The molecule has 2 aromatic rings. The van der Waals surface area contributed by atoms with Gasteiger partial charge in [0.25, 0.3) is 0 Å². The minimum Gasteiger partial charge on any atom is -0.469 e. The zero-order valence-corrected chi connectivity index (χ0v) is 14.0. The smallest absolute Gasteiger partial charge is 0.307 e. The summed E-state index contributed by atoms with van der Waals surface area (Å²) in [6.07, 6.45) is 4.01. The topological polar surface area (TPSA) is 80.5 Å². The van der Waals surface area contributed by atoms with Crippen LogP contribution in [0.3, 0.4) is 0 Å². The van der Waals surface area contributed by atoms with Gasteiger partial charge >= 0.3 is 5.97 Å². The van der Waals surface area contributed by atoms with Crippen molar-refractivity contribution < 1.29 is 9.53 Å². The van der Waals surface area contributed by atoms with Crippen molar-refractivity contribution in [2.75, 3.05) is 20.7 Å². The summed E-state index contributed by atoms with van der Waals surface area (Å²) in [5.74, 6) is 0.398. The Labute approximate surface area is 141 Å². The maximum Gasteiger partial charge on any atom is 0.307 e. The summed E-state index contributed by atoms with van der Waals surface area (Å²) in [6.45, 7) is 1.83. The molecule has 0 aliphatic rings. The van der Waals surface area contributed by atoms with Gasteiger partial charge in [0.05, 0.1) is 20.1 Å². The Morgan fingerprint density at radius 3 is 2.71 bits per heavy atom. The first-order valence-electron chi connectivity index (χ1n) is 7.78. The quantitative estimate of drug-likeness (QED) is 0.453. The number of esters is 1. The molecule has 0 aliphatic carbocycles. The predicted octanol–water partition coefficient (Wildman–Crippen LogP) is 1.16. The number of carbonyl (C=O) groups is 1. The average molecular weight is 329 g/mol. The van der Waals surface area contributed by atoms with Crippen molar-refractivity contribution >= 4 is 11.9 Å². The highest BCUT2D eigenvalue weighted by Gasteiger charge is 2.05. The summed E-state index contributed by atoms with van der Waals surface area (Å²) in [7, 11) is 3.08. The number of nitrogens with zero attached hydrogens (tertiary/aromatic N) is 3. The van der Waals surface area contributed by atoms with Gasteiger partial charge in [-0.25, -0.2) is 0 Å². The molecule has 128 valence electrons. The molecule has 0 bridgehead atoms. The van der Waals surface area contributed by atoms with Gasteiger partial charge in [0.2, 0.25) is 0 Å². The second-order valence-electron chi connectivity index (χ2n) is 5.15. The van der Waals surface area contributed by atoms with Gasteiger partial charge in [-0.15, -0.1) is 0 Å². The van der Waals surface area contributed by atoms with Crippen LogP contribution < -0.4 is 10.6 Å². The van der Waals surface area contributed by atoms with Gasteiger partial charge in [0.1, 0.15) is 0 Å². The summed E-state index contributed by atoms with van der Waals surface area (Å²) >= 11 is 0. The average Bonchev–Trinajstić information content (AvgIpc) is 3.12. The standard InChI is InChI=1S/C17H23N5O2/c1-18-17(19-10-8-16(23)24-2)20-12-14-6-3-4-7-15(14)13-22-11-5-9-21-22/h3-7,9,11H,8,10,12-13H2,1-2H3,(H2,18,19,20). The molecule has 0 spiro atoms. The molecule has 1 aromatic heterocycles. The summed E-state index contributed by atoms with van der Waals surface area (Å²) in [5.41, 5.74) is 2.36. The van der Waals surface area contributed by atoms with Gasteiger partial charge in [-0.05, 0) is 17.2 Å². The molecule has 0 atom stereocenters. The lowest BCUT2D eigenvalue weighted by molar-refractivity contribution is -0.140. The molecule has 1 aromatic carbocycles. The monoisotopic (exact) mass is 329 g/mol. The molecule has 0 saturated carbocycles. The minimum absolute atomic E-state index is 0.248. The lowest BCUT2D eigenvalue weighted by atomic mass is 10.1. The first-order chi connectivity index (χ1) is 11.7. The Kier molecular flexibility index (Phi) is 6.82. The van der Waals surface area contributed by atoms with Crippen LogP contribution in [0, 0.1) is 0 Å². The van der Waals surface area contributed by atoms with Crippen LogP contribution in [0.1, 0.15) is 17.5 Å². The lowest BCUT2D eigenvalue weighted by Crippen LogP contribution is -2.38. The largest absolute Gasteiger partial charge is 0.469 e. The summed E-state index contributed by atoms with van der Waals surface area (Å²) in [6, 6.07) is 10.1. The molecule has 0 saturated heterocycles. The van der Waals surface area contributed by atoms with E-state index in [1.807, 2.05) is 29.1 Å². The molecule has 24 heavy (non-hydrogen) atoms. The number of methoxy groups -OCH3 is 1. The molecule has 7 nitrogen and oxygen atoms in total. The van der Waals surface area contributed by atoms with Crippen LogP contribution in [0.25, 0.3) is 0 Å². The van der Waals surface area contributed by atoms with Gasteiger partial charge in [-0.2, -0.15) is 5.10 Å². The van der Waals surface area contributed by atoms with Crippen LogP contribution in [0.2, 0.25) is 0 Å². The fourth-order valence-corrected chi connectivity index (χ4v) is 2.24. The maximum atomic E-state index is 11.1. The molecule has 0 aliphatic heterocycles. The van der Waals surface area contributed by atoms with Crippen molar-refractivity contribution in [2.45, 2.75) is 19.5 Å². The van der Waals surface area contributed by atoms with E-state index in [4.69, 9.17) is 0 Å². The van der Waals surface area contributed by atoms with Crippen molar-refractivity contribution in [1.29, 1.82) is 0 Å². The van der Waals surface area contributed by atoms with Gasteiger partial charge in [-0.1, -0.05) is 24.3 Å². The van der Waals surface area contributed by atoms with Crippen molar-refractivity contribution in [3.05, 3.63) is 53.9 Å². The molecule has 0 radical (unpaired) electrons. The summed E-state index contributed by atoms with van der Waals surface area (Å²) in [4.78, 5) is 15.3. The van der Waals surface area contributed by atoms with Crippen molar-refractivity contribution in [3.63, 3.8) is 0 Å². The number of hydrogen-bond donors (Lipinski definition) is 2. The SMILES string of the molecule is CN=C(NCCC(=O)OC)NCc1ccccc1Cn1cccn1. The molecule has 2 rings (SSSR count). The molecular weight excluding hydrogens is 306 g/mol. The Balaban J connectivity index is 1.89. The highest BCUT2D eigenvalue weighted by Crippen LogP contribution is 2.10. The van der Waals surface area contributed by atoms with E-state index in [1.165, 1.54) is 18.2 Å². The molecule has 0 fully saturated rings. The first kappa shape index (κ1) is 17.5. The Morgan fingerprint density at radius 1 is 1.25 bits per heavy atom.